The van der Waals surface area contributed by atoms with Crippen molar-refractivity contribution in [3.63, 3.8) is 0 Å². The van der Waals surface area contributed by atoms with Crippen molar-refractivity contribution in [1.82, 2.24) is 16.0 Å². The van der Waals surface area contributed by atoms with Crippen molar-refractivity contribution in [2.75, 3.05) is 12.4 Å². The fourth-order valence-electron chi connectivity index (χ4n) is 4.02. The van der Waals surface area contributed by atoms with E-state index in [1.807, 2.05) is 0 Å². The summed E-state index contributed by atoms with van der Waals surface area (Å²) in [5, 5.41) is 38.0. The monoisotopic (exact) mass is 447 g/mol. The number of fused-ring (bicyclic) bond motifs is 1. The molecule has 0 spiro atoms. The third kappa shape index (κ3) is 5.35. The van der Waals surface area contributed by atoms with Crippen molar-refractivity contribution >= 4 is 29.7 Å². The van der Waals surface area contributed by atoms with E-state index >= 15 is 0 Å². The minimum Gasteiger partial charge on any atom is -0.433 e. The van der Waals surface area contributed by atoms with E-state index < -0.39 is 49.1 Å². The zero-order chi connectivity index (χ0) is 21.8. The number of hydrogen-bond acceptors (Lipinski definition) is 9. The Morgan fingerprint density at radius 2 is 2.03 bits per heavy atom. The van der Waals surface area contributed by atoms with Crippen LogP contribution in [0.25, 0.3) is 0 Å². The number of carbonyl (C=O) groups is 3. The molecule has 0 aromatic heterocycles. The van der Waals surface area contributed by atoms with Gasteiger partial charge in [-0.15, -0.1) is 0 Å². The second kappa shape index (κ2) is 10.1. The quantitative estimate of drug-likeness (QED) is 0.143. The Bertz CT molecular complexity index is 653. The first-order chi connectivity index (χ1) is 14.3. The highest BCUT2D eigenvalue weighted by atomic mass is 32.2. The molecule has 12 heteroatoms. The van der Waals surface area contributed by atoms with Gasteiger partial charge >= 0.3 is 12.0 Å². The Hall–Kier alpha value is -1.60. The van der Waals surface area contributed by atoms with E-state index in [2.05, 4.69) is 16.0 Å². The smallest absolute Gasteiger partial charge is 0.315 e. The lowest BCUT2D eigenvalue weighted by atomic mass is 9.97. The lowest BCUT2D eigenvalue weighted by Crippen LogP contribution is -2.64. The van der Waals surface area contributed by atoms with Gasteiger partial charge in [-0.3, -0.25) is 9.59 Å². The second-order valence-corrected chi connectivity index (χ2v) is 9.06. The van der Waals surface area contributed by atoms with Crippen LogP contribution >= 0.6 is 11.8 Å². The summed E-state index contributed by atoms with van der Waals surface area (Å²) in [6, 6.07) is -0.997. The van der Waals surface area contributed by atoms with Crippen LogP contribution in [0.4, 0.5) is 4.79 Å². The summed E-state index contributed by atoms with van der Waals surface area (Å²) in [6.45, 7) is 0.648. The van der Waals surface area contributed by atoms with Gasteiger partial charge in [-0.25, -0.2) is 4.79 Å². The molecule has 170 valence electrons. The normalized spacial score (nSPS) is 37.8. The van der Waals surface area contributed by atoms with Gasteiger partial charge in [-0.2, -0.15) is 11.8 Å². The van der Waals surface area contributed by atoms with Crippen molar-refractivity contribution < 1.29 is 39.2 Å². The number of aliphatic hydroxyl groups is 3. The van der Waals surface area contributed by atoms with Crippen LogP contribution in [0.2, 0.25) is 0 Å². The van der Waals surface area contributed by atoms with Crippen molar-refractivity contribution in [3.05, 3.63) is 0 Å². The van der Waals surface area contributed by atoms with E-state index in [0.29, 0.717) is 11.7 Å². The van der Waals surface area contributed by atoms with Gasteiger partial charge in [0.2, 0.25) is 12.2 Å². The van der Waals surface area contributed by atoms with E-state index in [4.69, 9.17) is 9.47 Å². The minimum absolute atomic E-state index is 0.116. The van der Waals surface area contributed by atoms with Crippen LogP contribution in [0.1, 0.15) is 32.6 Å². The molecule has 6 N–H and O–H groups in total. The molecule has 3 amide bonds. The number of urea groups is 1. The molecule has 3 rings (SSSR count). The standard InChI is InChI=1S/C18H29N3O8S/c1-8(23)19-14-16(26)15(25)10(6-22)28-17(14)29-12(24)5-3-2-4-11-13-9(7-30-11)20-18(27)21-13/h9-11,13-17,22,25-26H,2-7H2,1H3,(H,19,23)(H2,20,21,27)/t9-,10+,11-,13-,14+,15+,16+,17-/m0/s1. The van der Waals surface area contributed by atoms with E-state index in [9.17, 15) is 29.7 Å². The molecule has 30 heavy (non-hydrogen) atoms. The van der Waals surface area contributed by atoms with Crippen LogP contribution in [0.5, 0.6) is 0 Å². The minimum atomic E-state index is -1.46. The molecule has 0 unspecified atom stereocenters. The average molecular weight is 448 g/mol. The summed E-state index contributed by atoms with van der Waals surface area (Å²) in [5.41, 5.74) is 0. The number of amides is 3. The van der Waals surface area contributed by atoms with Crippen LogP contribution in [0.15, 0.2) is 0 Å². The first kappa shape index (κ1) is 23.1. The molecule has 3 fully saturated rings. The molecule has 3 aliphatic rings. The van der Waals surface area contributed by atoms with Crippen LogP contribution in [-0.4, -0.2) is 93.6 Å². The highest BCUT2D eigenvalue weighted by Gasteiger charge is 2.46. The highest BCUT2D eigenvalue weighted by molar-refractivity contribution is 8.00. The Morgan fingerprint density at radius 1 is 1.27 bits per heavy atom. The number of esters is 1. The van der Waals surface area contributed by atoms with Crippen LogP contribution < -0.4 is 16.0 Å². The van der Waals surface area contributed by atoms with E-state index in [-0.39, 0.29) is 24.5 Å². The molecule has 0 bridgehead atoms. The molecular weight excluding hydrogens is 418 g/mol. The van der Waals surface area contributed by atoms with Crippen molar-refractivity contribution in [2.45, 2.75) is 80.6 Å². The predicted molar refractivity (Wildman–Crippen MR) is 105 cm³/mol. The molecule has 3 aliphatic heterocycles. The first-order valence-electron chi connectivity index (χ1n) is 10.1. The van der Waals surface area contributed by atoms with E-state index in [0.717, 1.165) is 18.6 Å². The molecular formula is C18H29N3O8S. The lowest BCUT2D eigenvalue weighted by Gasteiger charge is -2.41. The lowest BCUT2D eigenvalue weighted by molar-refractivity contribution is -0.263. The first-order valence-corrected chi connectivity index (χ1v) is 11.1. The van der Waals surface area contributed by atoms with Gasteiger partial charge in [0.1, 0.15) is 24.4 Å². The Kier molecular flexibility index (Phi) is 7.80. The largest absolute Gasteiger partial charge is 0.433 e. The van der Waals surface area contributed by atoms with Gasteiger partial charge < -0.3 is 40.7 Å². The Morgan fingerprint density at radius 3 is 2.73 bits per heavy atom. The summed E-state index contributed by atoms with van der Waals surface area (Å²) in [4.78, 5) is 35.1. The fourth-order valence-corrected chi connectivity index (χ4v) is 5.56. The maximum absolute atomic E-state index is 12.3. The maximum atomic E-state index is 12.3. The Labute approximate surface area is 178 Å². The number of hydrogen-bond donors (Lipinski definition) is 6. The van der Waals surface area contributed by atoms with Crippen LogP contribution in [0, 0.1) is 0 Å². The zero-order valence-electron chi connectivity index (χ0n) is 16.7. The van der Waals surface area contributed by atoms with Crippen molar-refractivity contribution in [3.8, 4) is 0 Å². The third-order valence-electron chi connectivity index (χ3n) is 5.56. The molecule has 11 nitrogen and oxygen atoms in total. The second-order valence-electron chi connectivity index (χ2n) is 7.79. The molecule has 0 aromatic rings. The summed E-state index contributed by atoms with van der Waals surface area (Å²) < 4.78 is 10.7. The van der Waals surface area contributed by atoms with Gasteiger partial charge in [0.15, 0.2) is 0 Å². The maximum Gasteiger partial charge on any atom is 0.315 e. The van der Waals surface area contributed by atoms with Crippen molar-refractivity contribution in [1.29, 1.82) is 0 Å². The number of ether oxygens (including phenoxy) is 2. The predicted octanol–water partition coefficient (Wildman–Crippen LogP) is -1.80. The van der Waals surface area contributed by atoms with Gasteiger partial charge in [0.05, 0.1) is 18.7 Å². The third-order valence-corrected chi connectivity index (χ3v) is 7.06. The fraction of sp³-hybridized carbons (Fsp3) is 0.833. The summed E-state index contributed by atoms with van der Waals surface area (Å²) in [7, 11) is 0. The summed E-state index contributed by atoms with van der Waals surface area (Å²) in [6.07, 6.45) is -3.03. The molecule has 3 heterocycles. The van der Waals surface area contributed by atoms with E-state index in [1.165, 1.54) is 6.92 Å². The summed E-state index contributed by atoms with van der Waals surface area (Å²) in [5.74, 6) is -0.178. The summed E-state index contributed by atoms with van der Waals surface area (Å²) >= 11 is 1.80. The SMILES string of the molecule is CC(=O)N[C@H]1[C@H](OC(=O)CCCC[C@@H]2SC[C@@H]3NC(=O)N[C@@H]32)O[C@H](CO)[C@@H](O)[C@@H]1O. The van der Waals surface area contributed by atoms with Gasteiger partial charge in [-0.1, -0.05) is 6.42 Å². The molecule has 0 aliphatic carbocycles. The van der Waals surface area contributed by atoms with Gasteiger partial charge in [-0.05, 0) is 12.8 Å². The van der Waals surface area contributed by atoms with E-state index in [1.54, 1.807) is 11.8 Å². The molecule has 3 saturated heterocycles. The molecule has 0 aromatic carbocycles. The number of nitrogens with one attached hydrogen (secondary N) is 3. The molecule has 8 atom stereocenters. The number of unbranched alkanes of at least 4 members (excludes halogenated alkanes) is 1. The number of aliphatic hydroxyl groups excluding tert-OH is 3. The zero-order valence-corrected chi connectivity index (χ0v) is 17.5. The van der Waals surface area contributed by atoms with Crippen LogP contribution in [-0.2, 0) is 19.1 Å². The van der Waals surface area contributed by atoms with Gasteiger partial charge in [0.25, 0.3) is 0 Å². The highest BCUT2D eigenvalue weighted by Crippen LogP contribution is 2.33. The van der Waals surface area contributed by atoms with Crippen molar-refractivity contribution in [2.24, 2.45) is 0 Å². The number of thioether (sulfide) groups is 1. The molecule has 0 radical (unpaired) electrons. The van der Waals surface area contributed by atoms with Crippen LogP contribution in [0.3, 0.4) is 0 Å². The number of rotatable bonds is 8. The Balaban J connectivity index is 1.44. The average Bonchev–Trinajstić information content (AvgIpc) is 3.23. The molecule has 0 saturated carbocycles. The number of carbonyl (C=O) groups excluding carboxylic acids is 3. The van der Waals surface area contributed by atoms with Gasteiger partial charge in [0, 0.05) is 24.3 Å². The topological polar surface area (TPSA) is 166 Å².